The van der Waals surface area contributed by atoms with Crippen LogP contribution in [0.1, 0.15) is 23.2 Å². The average Bonchev–Trinajstić information content (AvgIpc) is 3.29. The van der Waals surface area contributed by atoms with Gasteiger partial charge in [0.1, 0.15) is 6.10 Å². The molecule has 2 bridgehead atoms. The lowest BCUT2D eigenvalue weighted by molar-refractivity contribution is 0.0242. The van der Waals surface area contributed by atoms with Gasteiger partial charge in [0.2, 0.25) is 0 Å². The molecule has 1 saturated carbocycles. The number of hydrogen-bond donors (Lipinski definition) is 0. The van der Waals surface area contributed by atoms with Crippen LogP contribution in [0.2, 0.25) is 0 Å². The standard InChI is InChI=1S/C24H18O2/c25-24(26-21-11-14-4-5-17(21)10-14)20-12-18-8-6-15-2-1-3-16-7-9-19(13-20)23(18)22(15)16/h1-9,12-14,17,21H,10-11H2. The Bertz CT molecular complexity index is 1140. The maximum Gasteiger partial charge on any atom is 0.338 e. The third kappa shape index (κ3) is 1.96. The maximum atomic E-state index is 12.8. The summed E-state index contributed by atoms with van der Waals surface area (Å²) in [5.74, 6) is 0.818. The summed E-state index contributed by atoms with van der Waals surface area (Å²) in [5, 5.41) is 7.20. The Kier molecular flexibility index (Phi) is 2.79. The van der Waals surface area contributed by atoms with E-state index in [0.29, 0.717) is 17.4 Å². The molecule has 4 aromatic carbocycles. The molecule has 0 radical (unpaired) electrons. The molecule has 26 heavy (non-hydrogen) atoms. The molecule has 0 saturated heterocycles. The lowest BCUT2D eigenvalue weighted by Crippen LogP contribution is -2.22. The van der Waals surface area contributed by atoms with Crippen molar-refractivity contribution in [2.45, 2.75) is 18.9 Å². The second kappa shape index (κ2) is 5.07. The highest BCUT2D eigenvalue weighted by atomic mass is 16.5. The van der Waals surface area contributed by atoms with E-state index in [4.69, 9.17) is 4.74 Å². The van der Waals surface area contributed by atoms with Crippen molar-refractivity contribution in [3.8, 4) is 0 Å². The van der Waals surface area contributed by atoms with Gasteiger partial charge < -0.3 is 4.74 Å². The van der Waals surface area contributed by atoms with Crippen LogP contribution in [0.25, 0.3) is 32.3 Å². The number of hydrogen-bond acceptors (Lipinski definition) is 2. The van der Waals surface area contributed by atoms with Crippen molar-refractivity contribution in [2.24, 2.45) is 11.8 Å². The van der Waals surface area contributed by atoms with E-state index < -0.39 is 0 Å². The van der Waals surface area contributed by atoms with Crippen molar-refractivity contribution in [3.63, 3.8) is 0 Å². The van der Waals surface area contributed by atoms with Crippen LogP contribution in [0.4, 0.5) is 0 Å². The van der Waals surface area contributed by atoms with Crippen molar-refractivity contribution >= 4 is 38.3 Å². The van der Waals surface area contributed by atoms with Crippen molar-refractivity contribution in [3.05, 3.63) is 72.3 Å². The quantitative estimate of drug-likeness (QED) is 0.266. The third-order valence-corrected chi connectivity index (χ3v) is 6.18. The van der Waals surface area contributed by atoms with Gasteiger partial charge in [-0.3, -0.25) is 0 Å². The van der Waals surface area contributed by atoms with Crippen LogP contribution in [0, 0.1) is 11.8 Å². The molecular formula is C24H18O2. The van der Waals surface area contributed by atoms with Gasteiger partial charge in [0, 0.05) is 5.92 Å². The topological polar surface area (TPSA) is 26.3 Å². The Hall–Kier alpha value is -2.87. The first-order valence-corrected chi connectivity index (χ1v) is 9.33. The SMILES string of the molecule is O=C(OC1CC2C=CC1C2)c1cc2ccc3cccc4ccc(c1)c2c34. The summed E-state index contributed by atoms with van der Waals surface area (Å²) in [7, 11) is 0. The largest absolute Gasteiger partial charge is 0.458 e. The molecule has 4 aromatic rings. The number of carbonyl (C=O) groups excluding carboxylic acids is 1. The number of rotatable bonds is 2. The van der Waals surface area contributed by atoms with E-state index >= 15 is 0 Å². The molecule has 126 valence electrons. The number of allylic oxidation sites excluding steroid dienone is 1. The minimum Gasteiger partial charge on any atom is -0.458 e. The van der Waals surface area contributed by atoms with Gasteiger partial charge in [-0.15, -0.1) is 0 Å². The molecule has 2 aliphatic carbocycles. The van der Waals surface area contributed by atoms with E-state index in [-0.39, 0.29) is 12.1 Å². The number of benzene rings is 4. The summed E-state index contributed by atoms with van der Waals surface area (Å²) < 4.78 is 5.87. The van der Waals surface area contributed by atoms with E-state index in [0.717, 1.165) is 23.6 Å². The minimum absolute atomic E-state index is 0.0447. The Balaban J connectivity index is 1.45. The Morgan fingerprint density at radius 2 is 1.46 bits per heavy atom. The summed E-state index contributed by atoms with van der Waals surface area (Å²) in [4.78, 5) is 12.8. The maximum absolute atomic E-state index is 12.8. The van der Waals surface area contributed by atoms with E-state index in [1.165, 1.54) is 21.5 Å². The van der Waals surface area contributed by atoms with Gasteiger partial charge >= 0.3 is 5.97 Å². The molecular weight excluding hydrogens is 320 g/mol. The monoisotopic (exact) mass is 338 g/mol. The summed E-state index contributed by atoms with van der Waals surface area (Å²) in [6.07, 6.45) is 6.64. The second-order valence-electron chi connectivity index (χ2n) is 7.73. The molecule has 6 rings (SSSR count). The molecule has 2 nitrogen and oxygen atoms in total. The smallest absolute Gasteiger partial charge is 0.338 e. The number of esters is 1. The summed E-state index contributed by atoms with van der Waals surface area (Å²) >= 11 is 0. The normalized spacial score (nSPS) is 24.2. The molecule has 0 aromatic heterocycles. The average molecular weight is 338 g/mol. The van der Waals surface area contributed by atoms with E-state index in [1.54, 1.807) is 0 Å². The van der Waals surface area contributed by atoms with Gasteiger partial charge in [-0.2, -0.15) is 0 Å². The molecule has 0 amide bonds. The van der Waals surface area contributed by atoms with Crippen molar-refractivity contribution < 1.29 is 9.53 Å². The van der Waals surface area contributed by atoms with Crippen LogP contribution in [-0.2, 0) is 4.74 Å². The predicted octanol–water partition coefficient (Wildman–Crippen LogP) is 5.71. The first kappa shape index (κ1) is 14.3. The van der Waals surface area contributed by atoms with Crippen molar-refractivity contribution in [1.29, 1.82) is 0 Å². The third-order valence-electron chi connectivity index (χ3n) is 6.18. The highest BCUT2D eigenvalue weighted by molar-refractivity contribution is 6.23. The van der Waals surface area contributed by atoms with Crippen molar-refractivity contribution in [2.75, 3.05) is 0 Å². The van der Waals surface area contributed by atoms with Crippen LogP contribution in [0.3, 0.4) is 0 Å². The van der Waals surface area contributed by atoms with E-state index in [1.807, 2.05) is 12.1 Å². The Labute approximate surface area is 151 Å². The zero-order valence-electron chi connectivity index (χ0n) is 14.3. The number of carbonyl (C=O) groups is 1. The van der Waals surface area contributed by atoms with E-state index in [2.05, 4.69) is 54.6 Å². The second-order valence-corrected chi connectivity index (χ2v) is 7.73. The van der Waals surface area contributed by atoms with Crippen molar-refractivity contribution in [1.82, 2.24) is 0 Å². The molecule has 0 heterocycles. The molecule has 1 fully saturated rings. The predicted molar refractivity (Wildman–Crippen MR) is 105 cm³/mol. The van der Waals surface area contributed by atoms with Gasteiger partial charge in [0.15, 0.2) is 0 Å². The van der Waals surface area contributed by atoms with E-state index in [9.17, 15) is 4.79 Å². The Morgan fingerprint density at radius 3 is 2.08 bits per heavy atom. The fourth-order valence-electron chi connectivity index (χ4n) is 4.94. The lowest BCUT2D eigenvalue weighted by Gasteiger charge is -2.19. The molecule has 0 spiro atoms. The summed E-state index contributed by atoms with van der Waals surface area (Å²) in [6, 6.07) is 18.9. The fraction of sp³-hybridized carbons (Fsp3) is 0.208. The van der Waals surface area contributed by atoms with Crippen LogP contribution in [-0.4, -0.2) is 12.1 Å². The highest BCUT2D eigenvalue weighted by Gasteiger charge is 2.38. The van der Waals surface area contributed by atoms with Gasteiger partial charge in [0.25, 0.3) is 0 Å². The highest BCUT2D eigenvalue weighted by Crippen LogP contribution is 2.41. The molecule has 0 N–H and O–H groups in total. The van der Waals surface area contributed by atoms with Gasteiger partial charge in [0.05, 0.1) is 5.56 Å². The van der Waals surface area contributed by atoms with Crippen LogP contribution in [0.15, 0.2) is 66.7 Å². The minimum atomic E-state index is -0.193. The molecule has 2 aliphatic rings. The fourth-order valence-corrected chi connectivity index (χ4v) is 4.94. The number of ether oxygens (including phenoxy) is 1. The van der Waals surface area contributed by atoms with Crippen LogP contribution >= 0.6 is 0 Å². The van der Waals surface area contributed by atoms with Crippen LogP contribution in [0.5, 0.6) is 0 Å². The first-order valence-electron chi connectivity index (χ1n) is 9.33. The Morgan fingerprint density at radius 1 is 0.808 bits per heavy atom. The summed E-state index contributed by atoms with van der Waals surface area (Å²) in [5.41, 5.74) is 0.655. The molecule has 2 heteroatoms. The zero-order chi connectivity index (χ0) is 17.3. The first-order chi connectivity index (χ1) is 12.8. The van der Waals surface area contributed by atoms with Gasteiger partial charge in [-0.25, -0.2) is 4.79 Å². The molecule has 3 unspecified atom stereocenters. The number of fused-ring (bicyclic) bond motifs is 2. The molecule has 3 atom stereocenters. The molecule has 0 aliphatic heterocycles. The van der Waals surface area contributed by atoms with Gasteiger partial charge in [-0.1, -0.05) is 54.6 Å². The van der Waals surface area contributed by atoms with Crippen LogP contribution < -0.4 is 0 Å². The van der Waals surface area contributed by atoms with Gasteiger partial charge in [-0.05, 0) is 63.2 Å². The summed E-state index contributed by atoms with van der Waals surface area (Å²) in [6.45, 7) is 0. The lowest BCUT2D eigenvalue weighted by atomic mass is 9.93. The zero-order valence-corrected chi connectivity index (χ0v) is 14.3.